The maximum atomic E-state index is 13.1. The molecule has 8 nitrogen and oxygen atoms in total. The van der Waals surface area contributed by atoms with Gasteiger partial charge in [-0.2, -0.15) is 4.31 Å². The van der Waals surface area contributed by atoms with Gasteiger partial charge >= 0.3 is 6.03 Å². The van der Waals surface area contributed by atoms with Gasteiger partial charge in [-0.05, 0) is 29.7 Å². The molecule has 2 aromatic rings. The number of rotatable bonds is 7. The van der Waals surface area contributed by atoms with E-state index in [-0.39, 0.29) is 38.0 Å². The van der Waals surface area contributed by atoms with Crippen LogP contribution in [0.2, 0.25) is 0 Å². The van der Waals surface area contributed by atoms with Gasteiger partial charge in [-0.1, -0.05) is 62.4 Å². The van der Waals surface area contributed by atoms with Crippen LogP contribution in [0.4, 0.5) is 10.5 Å². The summed E-state index contributed by atoms with van der Waals surface area (Å²) in [4.78, 5) is 27.1. The molecule has 176 valence electrons. The summed E-state index contributed by atoms with van der Waals surface area (Å²) in [6, 6.07) is 17.0. The zero-order valence-corrected chi connectivity index (χ0v) is 19.7. The SMILES string of the molecule is CC(C)C(NC(=O)Nc1ccccc1)C(=O)N1CCN(S(=O)(=O)/C=C/c2ccccc2)CC1. The maximum absolute atomic E-state index is 13.1. The lowest BCUT2D eigenvalue weighted by Gasteiger charge is -2.36. The van der Waals surface area contributed by atoms with E-state index >= 15 is 0 Å². The Morgan fingerprint density at radius 3 is 2.06 bits per heavy atom. The summed E-state index contributed by atoms with van der Waals surface area (Å²) in [5, 5.41) is 6.68. The normalized spacial score (nSPS) is 16.0. The molecule has 9 heteroatoms. The van der Waals surface area contributed by atoms with Crippen LogP contribution in [0.1, 0.15) is 19.4 Å². The second-order valence-corrected chi connectivity index (χ2v) is 9.99. The Labute approximate surface area is 195 Å². The Bertz CT molecular complexity index is 1060. The molecule has 1 aliphatic heterocycles. The van der Waals surface area contributed by atoms with Crippen molar-refractivity contribution >= 4 is 33.7 Å². The van der Waals surface area contributed by atoms with Crippen molar-refractivity contribution in [2.24, 2.45) is 5.92 Å². The fourth-order valence-electron chi connectivity index (χ4n) is 3.52. The molecule has 1 saturated heterocycles. The molecule has 0 aliphatic carbocycles. The molecule has 1 heterocycles. The van der Waals surface area contributed by atoms with E-state index in [4.69, 9.17) is 0 Å². The molecule has 1 unspecified atom stereocenters. The van der Waals surface area contributed by atoms with Gasteiger partial charge in [0, 0.05) is 37.3 Å². The summed E-state index contributed by atoms with van der Waals surface area (Å²) in [7, 11) is -3.59. The fraction of sp³-hybridized carbons (Fsp3) is 0.333. The van der Waals surface area contributed by atoms with Crippen molar-refractivity contribution in [3.05, 3.63) is 71.6 Å². The van der Waals surface area contributed by atoms with Gasteiger partial charge < -0.3 is 15.5 Å². The number of para-hydroxylation sites is 1. The van der Waals surface area contributed by atoms with Crippen LogP contribution in [0.3, 0.4) is 0 Å². The van der Waals surface area contributed by atoms with Crippen LogP contribution in [0, 0.1) is 5.92 Å². The minimum Gasteiger partial charge on any atom is -0.338 e. The Morgan fingerprint density at radius 1 is 0.909 bits per heavy atom. The van der Waals surface area contributed by atoms with Crippen LogP contribution in [-0.2, 0) is 14.8 Å². The van der Waals surface area contributed by atoms with E-state index in [2.05, 4.69) is 10.6 Å². The molecular formula is C24H30N4O4S. The van der Waals surface area contributed by atoms with E-state index in [0.29, 0.717) is 5.69 Å². The highest BCUT2D eigenvalue weighted by Crippen LogP contribution is 2.15. The smallest absolute Gasteiger partial charge is 0.319 e. The summed E-state index contributed by atoms with van der Waals surface area (Å²) in [6.45, 7) is 4.66. The van der Waals surface area contributed by atoms with Crippen molar-refractivity contribution in [1.82, 2.24) is 14.5 Å². The zero-order valence-electron chi connectivity index (χ0n) is 18.8. The van der Waals surface area contributed by atoms with Gasteiger partial charge in [-0.3, -0.25) is 4.79 Å². The predicted octanol–water partition coefficient (Wildman–Crippen LogP) is 2.98. The van der Waals surface area contributed by atoms with Crippen molar-refractivity contribution in [2.45, 2.75) is 19.9 Å². The summed E-state index contributed by atoms with van der Waals surface area (Å²) in [5.41, 5.74) is 1.43. The largest absolute Gasteiger partial charge is 0.338 e. The average molecular weight is 471 g/mol. The van der Waals surface area contributed by atoms with Crippen molar-refractivity contribution in [1.29, 1.82) is 0 Å². The molecular weight excluding hydrogens is 440 g/mol. The van der Waals surface area contributed by atoms with Gasteiger partial charge in [-0.15, -0.1) is 0 Å². The molecule has 0 aromatic heterocycles. The standard InChI is InChI=1S/C24H30N4O4S/c1-19(2)22(26-24(30)25-21-11-7-4-8-12-21)23(29)27-14-16-28(17-15-27)33(31,32)18-13-20-9-5-3-6-10-20/h3-13,18-19,22H,14-17H2,1-2H3,(H2,25,26,30)/b18-13+. The number of carbonyl (C=O) groups is 2. The average Bonchev–Trinajstić information content (AvgIpc) is 2.82. The Hall–Kier alpha value is -3.17. The second kappa shape index (κ2) is 11.1. The topological polar surface area (TPSA) is 98.8 Å². The molecule has 2 N–H and O–H groups in total. The van der Waals surface area contributed by atoms with E-state index < -0.39 is 22.1 Å². The van der Waals surface area contributed by atoms with Crippen molar-refractivity contribution < 1.29 is 18.0 Å². The molecule has 0 saturated carbocycles. The Kier molecular flexibility index (Phi) is 8.24. The number of nitrogens with one attached hydrogen (secondary N) is 2. The first-order valence-electron chi connectivity index (χ1n) is 10.9. The Morgan fingerprint density at radius 2 is 1.48 bits per heavy atom. The monoisotopic (exact) mass is 470 g/mol. The first kappa shape index (κ1) is 24.5. The molecule has 3 amide bonds. The van der Waals surface area contributed by atoms with Crippen LogP contribution in [-0.4, -0.2) is 61.8 Å². The number of hydrogen-bond donors (Lipinski definition) is 2. The molecule has 3 rings (SSSR count). The number of nitrogens with zero attached hydrogens (tertiary/aromatic N) is 2. The van der Waals surface area contributed by atoms with Crippen LogP contribution in [0.15, 0.2) is 66.1 Å². The first-order chi connectivity index (χ1) is 15.8. The number of amides is 3. The van der Waals surface area contributed by atoms with Crippen molar-refractivity contribution in [2.75, 3.05) is 31.5 Å². The van der Waals surface area contributed by atoms with Gasteiger partial charge in [0.2, 0.25) is 15.9 Å². The molecule has 2 aromatic carbocycles. The van der Waals surface area contributed by atoms with Gasteiger partial charge in [0.05, 0.1) is 0 Å². The van der Waals surface area contributed by atoms with Crippen LogP contribution in [0.5, 0.6) is 0 Å². The fourth-order valence-corrected chi connectivity index (χ4v) is 4.69. The second-order valence-electron chi connectivity index (χ2n) is 8.17. The number of sulfonamides is 1. The molecule has 0 spiro atoms. The third-order valence-electron chi connectivity index (χ3n) is 5.39. The molecule has 1 atom stereocenters. The summed E-state index contributed by atoms with van der Waals surface area (Å²) in [5.74, 6) is -0.348. The van der Waals surface area contributed by atoms with E-state index in [0.717, 1.165) is 5.56 Å². The maximum Gasteiger partial charge on any atom is 0.319 e. The Balaban J connectivity index is 1.57. The number of carbonyl (C=O) groups excluding carboxylic acids is 2. The molecule has 1 fully saturated rings. The van der Waals surface area contributed by atoms with Crippen molar-refractivity contribution in [3.63, 3.8) is 0 Å². The third-order valence-corrected chi connectivity index (χ3v) is 6.96. The van der Waals surface area contributed by atoms with Gasteiger partial charge in [0.1, 0.15) is 6.04 Å². The predicted molar refractivity (Wildman–Crippen MR) is 130 cm³/mol. The number of hydrogen-bond acceptors (Lipinski definition) is 4. The lowest BCUT2D eigenvalue weighted by atomic mass is 10.0. The highest BCUT2D eigenvalue weighted by Gasteiger charge is 2.33. The summed E-state index contributed by atoms with van der Waals surface area (Å²) < 4.78 is 26.7. The van der Waals surface area contributed by atoms with Gasteiger partial charge in [-0.25, -0.2) is 13.2 Å². The molecule has 0 radical (unpaired) electrons. The lowest BCUT2D eigenvalue weighted by Crippen LogP contribution is -2.57. The summed E-state index contributed by atoms with van der Waals surface area (Å²) >= 11 is 0. The van der Waals surface area contributed by atoms with Crippen LogP contribution < -0.4 is 10.6 Å². The van der Waals surface area contributed by atoms with Crippen LogP contribution >= 0.6 is 0 Å². The van der Waals surface area contributed by atoms with Gasteiger partial charge in [0.25, 0.3) is 0 Å². The molecule has 33 heavy (non-hydrogen) atoms. The molecule has 0 bridgehead atoms. The van der Waals surface area contributed by atoms with Gasteiger partial charge in [0.15, 0.2) is 0 Å². The zero-order chi connectivity index (χ0) is 23.8. The van der Waals surface area contributed by atoms with E-state index in [1.165, 1.54) is 9.71 Å². The third kappa shape index (κ3) is 6.90. The van der Waals surface area contributed by atoms with E-state index in [1.54, 1.807) is 23.1 Å². The number of urea groups is 1. The summed E-state index contributed by atoms with van der Waals surface area (Å²) in [6.07, 6.45) is 1.57. The molecule has 1 aliphatic rings. The minimum atomic E-state index is -3.59. The van der Waals surface area contributed by atoms with Crippen molar-refractivity contribution in [3.8, 4) is 0 Å². The van der Waals surface area contributed by atoms with E-state index in [9.17, 15) is 18.0 Å². The number of anilines is 1. The first-order valence-corrected chi connectivity index (χ1v) is 12.4. The van der Waals surface area contributed by atoms with Crippen LogP contribution in [0.25, 0.3) is 6.08 Å². The number of benzene rings is 2. The lowest BCUT2D eigenvalue weighted by molar-refractivity contribution is -0.135. The minimum absolute atomic E-state index is 0.130. The number of piperazine rings is 1. The highest BCUT2D eigenvalue weighted by atomic mass is 32.2. The van der Waals surface area contributed by atoms with E-state index in [1.807, 2.05) is 62.4 Å². The quantitative estimate of drug-likeness (QED) is 0.650. The highest BCUT2D eigenvalue weighted by molar-refractivity contribution is 7.92.